The Kier molecular flexibility index (Phi) is 4.93. The lowest BCUT2D eigenvalue weighted by molar-refractivity contribution is 0.0950. The van der Waals surface area contributed by atoms with Crippen molar-refractivity contribution in [2.75, 3.05) is 12.3 Å². The highest BCUT2D eigenvalue weighted by Gasteiger charge is 2.09. The number of carbonyl (C=O) groups is 1. The molecule has 1 aromatic carbocycles. The van der Waals surface area contributed by atoms with Crippen molar-refractivity contribution in [3.63, 3.8) is 0 Å². The number of nitrogen functional groups attached to an aromatic ring is 1. The van der Waals surface area contributed by atoms with E-state index < -0.39 is 0 Å². The standard InChI is InChI=1S/C16H17N3O2/c1-2-9-21-15-10-12(6-7-14(15)17)16(20)19-11-13-5-3-4-8-18-13/h2-8,10H,1,9,11,17H2,(H,19,20). The van der Waals surface area contributed by atoms with Gasteiger partial charge in [0.2, 0.25) is 0 Å². The molecule has 0 bridgehead atoms. The number of aromatic nitrogens is 1. The summed E-state index contributed by atoms with van der Waals surface area (Å²) in [6.45, 7) is 4.28. The van der Waals surface area contributed by atoms with Gasteiger partial charge in [-0.1, -0.05) is 18.7 Å². The lowest BCUT2D eigenvalue weighted by atomic mass is 10.1. The van der Waals surface area contributed by atoms with Crippen LogP contribution in [0.5, 0.6) is 5.75 Å². The van der Waals surface area contributed by atoms with Crippen LogP contribution in [0.1, 0.15) is 16.1 Å². The zero-order valence-electron chi connectivity index (χ0n) is 11.6. The molecule has 2 aromatic rings. The van der Waals surface area contributed by atoms with Gasteiger partial charge in [0.05, 0.1) is 17.9 Å². The molecule has 0 aliphatic carbocycles. The number of hydrogen-bond acceptors (Lipinski definition) is 4. The van der Waals surface area contributed by atoms with E-state index in [-0.39, 0.29) is 5.91 Å². The molecule has 0 aliphatic heterocycles. The highest BCUT2D eigenvalue weighted by molar-refractivity contribution is 5.95. The van der Waals surface area contributed by atoms with Gasteiger partial charge in [-0.15, -0.1) is 0 Å². The molecule has 0 radical (unpaired) electrons. The fourth-order valence-electron chi connectivity index (χ4n) is 1.72. The maximum Gasteiger partial charge on any atom is 0.251 e. The van der Waals surface area contributed by atoms with Crippen LogP contribution in [-0.2, 0) is 6.54 Å². The molecule has 1 aromatic heterocycles. The fraction of sp³-hybridized carbons (Fsp3) is 0.125. The van der Waals surface area contributed by atoms with Gasteiger partial charge < -0.3 is 15.8 Å². The number of hydrogen-bond donors (Lipinski definition) is 2. The number of benzene rings is 1. The van der Waals surface area contributed by atoms with Gasteiger partial charge in [0.1, 0.15) is 12.4 Å². The summed E-state index contributed by atoms with van der Waals surface area (Å²) in [7, 11) is 0. The summed E-state index contributed by atoms with van der Waals surface area (Å²) in [4.78, 5) is 16.2. The highest BCUT2D eigenvalue weighted by atomic mass is 16.5. The first-order valence-corrected chi connectivity index (χ1v) is 6.52. The number of carbonyl (C=O) groups excluding carboxylic acids is 1. The molecule has 0 saturated heterocycles. The molecule has 0 aliphatic rings. The molecule has 2 rings (SSSR count). The van der Waals surface area contributed by atoms with Crippen LogP contribution < -0.4 is 15.8 Å². The third-order valence-corrected chi connectivity index (χ3v) is 2.79. The molecule has 108 valence electrons. The summed E-state index contributed by atoms with van der Waals surface area (Å²) in [5.74, 6) is 0.268. The van der Waals surface area contributed by atoms with Crippen molar-refractivity contribution in [3.05, 3.63) is 66.5 Å². The van der Waals surface area contributed by atoms with Crippen LogP contribution in [0.4, 0.5) is 5.69 Å². The summed E-state index contributed by atoms with van der Waals surface area (Å²) in [6, 6.07) is 10.5. The third-order valence-electron chi connectivity index (χ3n) is 2.79. The number of nitrogens with two attached hydrogens (primary N) is 1. The average molecular weight is 283 g/mol. The quantitative estimate of drug-likeness (QED) is 0.629. The number of pyridine rings is 1. The molecule has 1 heterocycles. The minimum Gasteiger partial charge on any atom is -0.487 e. The number of rotatable bonds is 6. The molecular formula is C16H17N3O2. The Labute approximate surface area is 123 Å². The monoisotopic (exact) mass is 283 g/mol. The van der Waals surface area contributed by atoms with Crippen LogP contribution in [0, 0.1) is 0 Å². The molecule has 0 spiro atoms. The van der Waals surface area contributed by atoms with E-state index in [0.29, 0.717) is 30.2 Å². The summed E-state index contributed by atoms with van der Waals surface area (Å²) in [6.07, 6.45) is 3.30. The predicted octanol–water partition coefficient (Wildman–Crippen LogP) is 2.16. The molecule has 0 unspecified atom stereocenters. The Morgan fingerprint density at radius 3 is 2.95 bits per heavy atom. The van der Waals surface area contributed by atoms with Crippen molar-refractivity contribution >= 4 is 11.6 Å². The predicted molar refractivity (Wildman–Crippen MR) is 82.0 cm³/mol. The van der Waals surface area contributed by atoms with Crippen molar-refractivity contribution < 1.29 is 9.53 Å². The van der Waals surface area contributed by atoms with E-state index >= 15 is 0 Å². The van der Waals surface area contributed by atoms with Crippen molar-refractivity contribution in [2.45, 2.75) is 6.54 Å². The molecule has 3 N–H and O–H groups in total. The van der Waals surface area contributed by atoms with Gasteiger partial charge in [0, 0.05) is 11.8 Å². The topological polar surface area (TPSA) is 77.2 Å². The van der Waals surface area contributed by atoms with E-state index in [4.69, 9.17) is 10.5 Å². The Morgan fingerprint density at radius 1 is 1.38 bits per heavy atom. The van der Waals surface area contributed by atoms with Gasteiger partial charge in [0.25, 0.3) is 5.91 Å². The Bertz CT molecular complexity index is 627. The summed E-state index contributed by atoms with van der Waals surface area (Å²) in [5.41, 5.74) is 7.56. The molecular weight excluding hydrogens is 266 g/mol. The van der Waals surface area contributed by atoms with E-state index in [2.05, 4.69) is 16.9 Å². The van der Waals surface area contributed by atoms with Crippen molar-refractivity contribution in [1.29, 1.82) is 0 Å². The minimum absolute atomic E-state index is 0.205. The van der Waals surface area contributed by atoms with Gasteiger partial charge >= 0.3 is 0 Å². The molecule has 0 atom stereocenters. The minimum atomic E-state index is -0.205. The normalized spacial score (nSPS) is 9.90. The Morgan fingerprint density at radius 2 is 2.24 bits per heavy atom. The molecule has 0 fully saturated rings. The van der Waals surface area contributed by atoms with Gasteiger partial charge in [-0.05, 0) is 30.3 Å². The number of nitrogens with one attached hydrogen (secondary N) is 1. The Balaban J connectivity index is 2.03. The summed E-state index contributed by atoms with van der Waals surface area (Å²) >= 11 is 0. The SMILES string of the molecule is C=CCOc1cc(C(=O)NCc2ccccn2)ccc1N. The first kappa shape index (κ1) is 14.6. The lowest BCUT2D eigenvalue weighted by Gasteiger charge is -2.09. The van der Waals surface area contributed by atoms with Gasteiger partial charge in [-0.2, -0.15) is 0 Å². The van der Waals surface area contributed by atoms with Crippen LogP contribution in [0.25, 0.3) is 0 Å². The number of nitrogens with zero attached hydrogens (tertiary/aromatic N) is 1. The van der Waals surface area contributed by atoms with Crippen molar-refractivity contribution in [3.8, 4) is 5.75 Å². The second kappa shape index (κ2) is 7.09. The third kappa shape index (κ3) is 4.07. The van der Waals surface area contributed by atoms with E-state index in [1.807, 2.05) is 18.2 Å². The van der Waals surface area contributed by atoms with E-state index in [1.165, 1.54) is 0 Å². The fourth-order valence-corrected chi connectivity index (χ4v) is 1.72. The largest absolute Gasteiger partial charge is 0.487 e. The van der Waals surface area contributed by atoms with Crippen molar-refractivity contribution in [2.24, 2.45) is 0 Å². The molecule has 5 heteroatoms. The van der Waals surface area contributed by atoms with Gasteiger partial charge in [0.15, 0.2) is 0 Å². The second-order valence-corrected chi connectivity index (χ2v) is 4.36. The van der Waals surface area contributed by atoms with Gasteiger partial charge in [-0.25, -0.2) is 0 Å². The van der Waals surface area contributed by atoms with E-state index in [0.717, 1.165) is 5.69 Å². The summed E-state index contributed by atoms with van der Waals surface area (Å²) < 4.78 is 5.40. The Hall–Kier alpha value is -2.82. The first-order valence-electron chi connectivity index (χ1n) is 6.52. The van der Waals surface area contributed by atoms with Crippen LogP contribution in [-0.4, -0.2) is 17.5 Å². The maximum absolute atomic E-state index is 12.1. The van der Waals surface area contributed by atoms with E-state index in [9.17, 15) is 4.79 Å². The maximum atomic E-state index is 12.1. The number of ether oxygens (including phenoxy) is 1. The van der Waals surface area contributed by atoms with Crippen LogP contribution >= 0.6 is 0 Å². The van der Waals surface area contributed by atoms with Crippen LogP contribution in [0.15, 0.2) is 55.3 Å². The zero-order chi connectivity index (χ0) is 15.1. The van der Waals surface area contributed by atoms with Crippen LogP contribution in [0.2, 0.25) is 0 Å². The first-order chi connectivity index (χ1) is 10.2. The van der Waals surface area contributed by atoms with Gasteiger partial charge in [-0.3, -0.25) is 9.78 Å². The molecule has 21 heavy (non-hydrogen) atoms. The summed E-state index contributed by atoms with van der Waals surface area (Å²) in [5, 5.41) is 2.80. The van der Waals surface area contributed by atoms with Crippen LogP contribution in [0.3, 0.4) is 0 Å². The lowest BCUT2D eigenvalue weighted by Crippen LogP contribution is -2.23. The molecule has 1 amide bonds. The number of anilines is 1. The smallest absolute Gasteiger partial charge is 0.251 e. The average Bonchev–Trinajstić information content (AvgIpc) is 2.53. The molecule has 0 saturated carbocycles. The van der Waals surface area contributed by atoms with Crippen molar-refractivity contribution in [1.82, 2.24) is 10.3 Å². The zero-order valence-corrected chi connectivity index (χ0v) is 11.6. The van der Waals surface area contributed by atoms with E-state index in [1.54, 1.807) is 30.5 Å². The highest BCUT2D eigenvalue weighted by Crippen LogP contribution is 2.22. The second-order valence-electron chi connectivity index (χ2n) is 4.36. The molecule has 5 nitrogen and oxygen atoms in total. The number of amides is 1.